The van der Waals surface area contributed by atoms with Crippen LogP contribution >= 0.6 is 24.8 Å². The number of halogens is 5. The number of aromatic nitrogens is 4. The molecule has 1 aliphatic rings. The number of nitrogens with zero attached hydrogens (tertiary/aromatic N) is 5. The van der Waals surface area contributed by atoms with Gasteiger partial charge in [-0.25, -0.2) is 4.98 Å². The Labute approximate surface area is 223 Å². The van der Waals surface area contributed by atoms with Gasteiger partial charge in [0, 0.05) is 37.8 Å². The lowest BCUT2D eigenvalue weighted by Gasteiger charge is -2.30. The van der Waals surface area contributed by atoms with Crippen molar-refractivity contribution >= 4 is 41.4 Å². The molecule has 0 bridgehead atoms. The van der Waals surface area contributed by atoms with Gasteiger partial charge in [0.15, 0.2) is 11.5 Å². The number of fused-ring (bicyclic) bond motifs is 2. The third-order valence-corrected chi connectivity index (χ3v) is 6.13. The average molecular weight is 559 g/mol. The molecule has 13 heteroatoms. The first-order valence-electron chi connectivity index (χ1n) is 11.3. The van der Waals surface area contributed by atoms with E-state index in [4.69, 9.17) is 20.2 Å². The minimum atomic E-state index is -4.46. The number of nitrogens with two attached hydrogens (primary N) is 1. The Morgan fingerprint density at radius 1 is 1.08 bits per heavy atom. The molecule has 2 N–H and O–H groups in total. The van der Waals surface area contributed by atoms with E-state index in [0.717, 1.165) is 5.39 Å². The maximum Gasteiger partial charge on any atom is 0.408 e. The Hall–Kier alpha value is -2.70. The summed E-state index contributed by atoms with van der Waals surface area (Å²) in [5, 5.41) is 9.23. The second-order valence-corrected chi connectivity index (χ2v) is 8.57. The molecule has 1 saturated heterocycles. The van der Waals surface area contributed by atoms with Crippen molar-refractivity contribution in [1.82, 2.24) is 24.5 Å². The monoisotopic (exact) mass is 558 g/mol. The van der Waals surface area contributed by atoms with Gasteiger partial charge in [-0.2, -0.15) is 13.2 Å². The van der Waals surface area contributed by atoms with Crippen LogP contribution in [-0.2, 0) is 4.74 Å². The maximum absolute atomic E-state index is 14.1. The fourth-order valence-corrected chi connectivity index (χ4v) is 4.50. The summed E-state index contributed by atoms with van der Waals surface area (Å²) in [6.07, 6.45) is -2.48. The lowest BCUT2D eigenvalue weighted by molar-refractivity contribution is -0.183. The van der Waals surface area contributed by atoms with Crippen LogP contribution in [0.3, 0.4) is 0 Å². The SMILES string of the molecule is COCCOc1cccc2ccc(-c3nnc4ccc([C@@H](N5CC[C@H](N)C5)C(F)(F)F)cn34)nc12.Cl.Cl. The number of likely N-dealkylation sites (tertiary alicyclic amines) is 1. The first-order valence-corrected chi connectivity index (χ1v) is 11.3. The maximum atomic E-state index is 14.1. The van der Waals surface area contributed by atoms with Gasteiger partial charge in [0.2, 0.25) is 0 Å². The van der Waals surface area contributed by atoms with Crippen LogP contribution < -0.4 is 10.5 Å². The second kappa shape index (κ2) is 11.8. The molecule has 0 radical (unpaired) electrons. The van der Waals surface area contributed by atoms with Gasteiger partial charge >= 0.3 is 6.18 Å². The van der Waals surface area contributed by atoms with Crippen molar-refractivity contribution in [1.29, 1.82) is 0 Å². The van der Waals surface area contributed by atoms with E-state index in [9.17, 15) is 13.2 Å². The molecule has 0 amide bonds. The zero-order chi connectivity index (χ0) is 24.6. The summed E-state index contributed by atoms with van der Waals surface area (Å²) in [6, 6.07) is 10.2. The van der Waals surface area contributed by atoms with E-state index in [1.807, 2.05) is 24.3 Å². The van der Waals surface area contributed by atoms with Gasteiger partial charge in [0.05, 0.1) is 6.61 Å². The highest BCUT2D eigenvalue weighted by Gasteiger charge is 2.46. The number of alkyl halides is 3. The summed E-state index contributed by atoms with van der Waals surface area (Å²) < 4.78 is 54.8. The highest BCUT2D eigenvalue weighted by molar-refractivity contribution is 5.86. The van der Waals surface area contributed by atoms with Crippen LogP contribution in [0.4, 0.5) is 13.2 Å². The van der Waals surface area contributed by atoms with E-state index in [2.05, 4.69) is 10.2 Å². The number of benzene rings is 1. The topological polar surface area (TPSA) is 90.8 Å². The molecule has 0 saturated carbocycles. The molecule has 0 spiro atoms. The van der Waals surface area contributed by atoms with Crippen molar-refractivity contribution in [3.05, 3.63) is 54.2 Å². The Morgan fingerprint density at radius 2 is 1.89 bits per heavy atom. The Bertz CT molecular complexity index is 1350. The van der Waals surface area contributed by atoms with Gasteiger partial charge in [-0.05, 0) is 30.2 Å². The van der Waals surface area contributed by atoms with E-state index in [1.165, 1.54) is 17.2 Å². The molecule has 2 atom stereocenters. The first kappa shape index (κ1) is 28.9. The first-order chi connectivity index (χ1) is 16.8. The summed E-state index contributed by atoms with van der Waals surface area (Å²) in [6.45, 7) is 1.26. The third-order valence-electron chi connectivity index (χ3n) is 6.13. The Balaban J connectivity index is 0.00000190. The van der Waals surface area contributed by atoms with Crippen LogP contribution in [0.1, 0.15) is 18.0 Å². The van der Waals surface area contributed by atoms with Crippen LogP contribution in [0.15, 0.2) is 48.7 Å². The highest BCUT2D eigenvalue weighted by Crippen LogP contribution is 2.39. The van der Waals surface area contributed by atoms with Crippen LogP contribution in [0.5, 0.6) is 5.75 Å². The Morgan fingerprint density at radius 3 is 2.59 bits per heavy atom. The number of para-hydroxylation sites is 1. The van der Waals surface area contributed by atoms with Crippen molar-refractivity contribution in [2.75, 3.05) is 33.4 Å². The third kappa shape index (κ3) is 5.91. The van der Waals surface area contributed by atoms with E-state index < -0.39 is 12.2 Å². The molecule has 1 fully saturated rings. The predicted molar refractivity (Wildman–Crippen MR) is 139 cm³/mol. The van der Waals surface area contributed by atoms with Crippen molar-refractivity contribution in [2.24, 2.45) is 5.73 Å². The molecular weight excluding hydrogens is 532 g/mol. The normalized spacial score (nSPS) is 16.9. The largest absolute Gasteiger partial charge is 0.489 e. The molecule has 5 rings (SSSR count). The van der Waals surface area contributed by atoms with Gasteiger partial charge in [-0.3, -0.25) is 9.30 Å². The molecule has 200 valence electrons. The van der Waals surface area contributed by atoms with E-state index >= 15 is 0 Å². The number of methoxy groups -OCH3 is 1. The quantitative estimate of drug-likeness (QED) is 0.335. The molecule has 1 aliphatic heterocycles. The molecule has 0 unspecified atom stereocenters. The summed E-state index contributed by atoms with van der Waals surface area (Å²) in [7, 11) is 1.59. The zero-order valence-corrected chi connectivity index (χ0v) is 21.5. The fourth-order valence-electron chi connectivity index (χ4n) is 4.50. The fraction of sp³-hybridized carbons (Fsp3) is 0.375. The van der Waals surface area contributed by atoms with E-state index in [1.54, 1.807) is 23.6 Å². The van der Waals surface area contributed by atoms with E-state index in [0.29, 0.717) is 48.1 Å². The molecule has 37 heavy (non-hydrogen) atoms. The minimum absolute atomic E-state index is 0. The van der Waals surface area contributed by atoms with Crippen molar-refractivity contribution in [3.63, 3.8) is 0 Å². The number of hydrogen-bond donors (Lipinski definition) is 1. The van der Waals surface area contributed by atoms with Gasteiger partial charge in [-0.15, -0.1) is 35.0 Å². The number of pyridine rings is 2. The Kier molecular flexibility index (Phi) is 9.19. The van der Waals surface area contributed by atoms with Crippen LogP contribution in [0.2, 0.25) is 0 Å². The molecular formula is C24H27Cl2F3N6O2. The van der Waals surface area contributed by atoms with Gasteiger partial charge in [0.1, 0.15) is 29.6 Å². The van der Waals surface area contributed by atoms with Crippen molar-refractivity contribution in [2.45, 2.75) is 24.7 Å². The van der Waals surface area contributed by atoms with Gasteiger partial charge in [-0.1, -0.05) is 24.3 Å². The molecule has 3 aromatic heterocycles. The summed E-state index contributed by atoms with van der Waals surface area (Å²) in [5.41, 5.74) is 7.51. The summed E-state index contributed by atoms with van der Waals surface area (Å²) in [5.74, 6) is 0.924. The summed E-state index contributed by atoms with van der Waals surface area (Å²) in [4.78, 5) is 6.10. The number of rotatable bonds is 7. The summed E-state index contributed by atoms with van der Waals surface area (Å²) >= 11 is 0. The molecule has 4 heterocycles. The molecule has 1 aromatic carbocycles. The lowest BCUT2D eigenvalue weighted by Crippen LogP contribution is -2.38. The van der Waals surface area contributed by atoms with E-state index in [-0.39, 0.29) is 49.5 Å². The van der Waals surface area contributed by atoms with Crippen molar-refractivity contribution < 1.29 is 22.6 Å². The predicted octanol–water partition coefficient (Wildman–Crippen LogP) is 4.45. The van der Waals surface area contributed by atoms with Crippen LogP contribution in [0.25, 0.3) is 28.1 Å². The van der Waals surface area contributed by atoms with Crippen LogP contribution in [-0.4, -0.2) is 70.1 Å². The smallest absolute Gasteiger partial charge is 0.408 e. The standard InChI is InChI=1S/C24H25F3N6O2.2ClH/c1-34-11-12-35-19-4-2-3-15-5-7-18(29-21(15)19)23-31-30-20-8-6-16(13-33(20)23)22(24(25,26)27)32-10-9-17(28)14-32;;/h2-8,13,17,22H,9-12,14,28H2,1H3;2*1H/t17-,22+;;/m0../s1. The molecule has 8 nitrogen and oxygen atoms in total. The van der Waals surface area contributed by atoms with Crippen LogP contribution in [0, 0.1) is 0 Å². The highest BCUT2D eigenvalue weighted by atomic mass is 35.5. The van der Waals surface area contributed by atoms with Gasteiger partial charge < -0.3 is 15.2 Å². The van der Waals surface area contributed by atoms with Gasteiger partial charge in [0.25, 0.3) is 0 Å². The lowest BCUT2D eigenvalue weighted by atomic mass is 10.1. The zero-order valence-electron chi connectivity index (χ0n) is 19.9. The average Bonchev–Trinajstić information content (AvgIpc) is 3.44. The second-order valence-electron chi connectivity index (χ2n) is 8.57. The number of ether oxygens (including phenoxy) is 2. The molecule has 0 aliphatic carbocycles. The minimum Gasteiger partial charge on any atom is -0.489 e. The van der Waals surface area contributed by atoms with Crippen molar-refractivity contribution in [3.8, 4) is 17.3 Å². The number of hydrogen-bond acceptors (Lipinski definition) is 7. The molecule has 4 aromatic rings.